The van der Waals surface area contributed by atoms with E-state index in [0.717, 1.165) is 30.7 Å². The summed E-state index contributed by atoms with van der Waals surface area (Å²) in [6, 6.07) is 8.23. The summed E-state index contributed by atoms with van der Waals surface area (Å²) >= 11 is 0. The summed E-state index contributed by atoms with van der Waals surface area (Å²) in [6.07, 6.45) is -0.570. The molecule has 1 saturated carbocycles. The van der Waals surface area contributed by atoms with Crippen molar-refractivity contribution in [3.05, 3.63) is 53.9 Å². The normalized spacial score (nSPS) is 14.5. The third kappa shape index (κ3) is 3.72. The van der Waals surface area contributed by atoms with Gasteiger partial charge in [0.1, 0.15) is 0 Å². The van der Waals surface area contributed by atoms with Gasteiger partial charge >= 0.3 is 12.2 Å². The van der Waals surface area contributed by atoms with E-state index in [-0.39, 0.29) is 12.1 Å². The van der Waals surface area contributed by atoms with Crippen LogP contribution in [0.25, 0.3) is 0 Å². The minimum Gasteiger partial charge on any atom is -0.353 e. The second-order valence-corrected chi connectivity index (χ2v) is 5.97. The Kier molecular flexibility index (Phi) is 4.26. The van der Waals surface area contributed by atoms with Crippen molar-refractivity contribution >= 4 is 11.7 Å². The molecule has 0 spiro atoms. The maximum absolute atomic E-state index is 12.6. The first-order valence-electron chi connectivity index (χ1n) is 7.69. The maximum Gasteiger partial charge on any atom is 0.416 e. The summed E-state index contributed by atoms with van der Waals surface area (Å²) in [5.41, 5.74) is 0.623. The van der Waals surface area contributed by atoms with Crippen molar-refractivity contribution in [2.24, 2.45) is 7.05 Å². The molecule has 3 rings (SSSR count). The van der Waals surface area contributed by atoms with E-state index in [1.54, 1.807) is 4.90 Å². The number of aryl methyl sites for hydroxylation is 1. The summed E-state index contributed by atoms with van der Waals surface area (Å²) < 4.78 is 39.7. The number of hydrogen-bond acceptors (Lipinski definition) is 1. The first-order chi connectivity index (χ1) is 11.3. The Labute approximate surface area is 137 Å². The fourth-order valence-electron chi connectivity index (χ4n) is 2.53. The van der Waals surface area contributed by atoms with Gasteiger partial charge in [-0.05, 0) is 49.2 Å². The number of anilines is 1. The van der Waals surface area contributed by atoms with E-state index in [4.69, 9.17) is 0 Å². The molecule has 2 aromatic rings. The minimum atomic E-state index is -4.38. The predicted octanol–water partition coefficient (Wildman–Crippen LogP) is 4.24. The Bertz CT molecular complexity index is 717. The van der Waals surface area contributed by atoms with Crippen LogP contribution in [0.15, 0.2) is 42.6 Å². The summed E-state index contributed by atoms with van der Waals surface area (Å²) in [7, 11) is 1.91. The van der Waals surface area contributed by atoms with Gasteiger partial charge in [-0.25, -0.2) is 4.79 Å². The molecule has 1 aliphatic rings. The Hall–Kier alpha value is -2.44. The van der Waals surface area contributed by atoms with E-state index < -0.39 is 11.7 Å². The van der Waals surface area contributed by atoms with E-state index in [9.17, 15) is 18.0 Å². The summed E-state index contributed by atoms with van der Waals surface area (Å²) in [6.45, 7) is 0.473. The van der Waals surface area contributed by atoms with E-state index >= 15 is 0 Å². The number of carbonyl (C=O) groups is 1. The molecule has 7 heteroatoms. The minimum absolute atomic E-state index is 0.189. The molecule has 0 aliphatic heterocycles. The number of hydrogen-bond donors (Lipinski definition) is 1. The van der Waals surface area contributed by atoms with E-state index in [0.29, 0.717) is 12.2 Å². The summed E-state index contributed by atoms with van der Waals surface area (Å²) in [4.78, 5) is 14.2. The Balaban J connectivity index is 1.69. The molecule has 0 radical (unpaired) electrons. The largest absolute Gasteiger partial charge is 0.416 e. The molecule has 1 aliphatic carbocycles. The van der Waals surface area contributed by atoms with Gasteiger partial charge in [0, 0.05) is 30.7 Å². The molecule has 0 bridgehead atoms. The average Bonchev–Trinajstić information content (AvgIpc) is 3.27. The number of carbonyl (C=O) groups excluding carboxylic acids is 1. The van der Waals surface area contributed by atoms with Crippen LogP contribution in [0.3, 0.4) is 0 Å². The van der Waals surface area contributed by atoms with Crippen molar-refractivity contribution in [3.8, 4) is 0 Å². The molecule has 1 aromatic heterocycles. The van der Waals surface area contributed by atoms with Crippen LogP contribution in [0, 0.1) is 0 Å². The zero-order valence-corrected chi connectivity index (χ0v) is 13.2. The first-order valence-corrected chi connectivity index (χ1v) is 7.69. The number of halogens is 3. The van der Waals surface area contributed by atoms with Crippen LogP contribution in [-0.2, 0) is 19.8 Å². The van der Waals surface area contributed by atoms with Crippen LogP contribution in [0.4, 0.5) is 23.7 Å². The Morgan fingerprint density at radius 3 is 2.42 bits per heavy atom. The molecule has 128 valence electrons. The number of amides is 2. The SMILES string of the molecule is Cn1cccc1CN(C(=O)Nc1ccc(C(F)(F)F)cc1)C1CC1. The molecule has 1 heterocycles. The summed E-state index contributed by atoms with van der Waals surface area (Å²) in [5.74, 6) is 0. The molecule has 1 aromatic carbocycles. The number of aromatic nitrogens is 1. The number of urea groups is 1. The van der Waals surface area contributed by atoms with Gasteiger partial charge in [0.05, 0.1) is 12.1 Å². The molecule has 0 atom stereocenters. The quantitative estimate of drug-likeness (QED) is 0.890. The van der Waals surface area contributed by atoms with E-state index in [1.807, 2.05) is 29.9 Å². The number of rotatable bonds is 4. The number of benzene rings is 1. The fourth-order valence-corrected chi connectivity index (χ4v) is 2.53. The van der Waals surface area contributed by atoms with Gasteiger partial charge in [0.2, 0.25) is 0 Å². The highest BCUT2D eigenvalue weighted by molar-refractivity contribution is 5.89. The van der Waals surface area contributed by atoms with Crippen LogP contribution in [0.2, 0.25) is 0 Å². The second kappa shape index (κ2) is 6.22. The molecular formula is C17H18F3N3O. The highest BCUT2D eigenvalue weighted by Gasteiger charge is 2.33. The van der Waals surface area contributed by atoms with Crippen LogP contribution in [0.5, 0.6) is 0 Å². The van der Waals surface area contributed by atoms with Gasteiger partial charge in [-0.2, -0.15) is 13.2 Å². The van der Waals surface area contributed by atoms with Gasteiger partial charge in [-0.1, -0.05) is 0 Å². The molecule has 24 heavy (non-hydrogen) atoms. The second-order valence-electron chi connectivity index (χ2n) is 5.97. The molecule has 0 saturated heterocycles. The fraction of sp³-hybridized carbons (Fsp3) is 0.353. The zero-order valence-electron chi connectivity index (χ0n) is 13.2. The van der Waals surface area contributed by atoms with Crippen molar-refractivity contribution in [3.63, 3.8) is 0 Å². The van der Waals surface area contributed by atoms with Crippen molar-refractivity contribution < 1.29 is 18.0 Å². The molecule has 1 fully saturated rings. The van der Waals surface area contributed by atoms with Crippen LogP contribution in [-0.4, -0.2) is 21.5 Å². The lowest BCUT2D eigenvalue weighted by Crippen LogP contribution is -2.36. The number of nitrogens with one attached hydrogen (secondary N) is 1. The lowest BCUT2D eigenvalue weighted by atomic mass is 10.2. The molecule has 0 unspecified atom stereocenters. The Morgan fingerprint density at radius 1 is 1.25 bits per heavy atom. The third-order valence-corrected chi connectivity index (χ3v) is 4.10. The van der Waals surface area contributed by atoms with Crippen molar-refractivity contribution in [1.82, 2.24) is 9.47 Å². The summed E-state index contributed by atoms with van der Waals surface area (Å²) in [5, 5.41) is 2.68. The van der Waals surface area contributed by atoms with Gasteiger partial charge in [-0.3, -0.25) is 0 Å². The van der Waals surface area contributed by atoms with Gasteiger partial charge in [0.25, 0.3) is 0 Å². The first kappa shape index (κ1) is 16.4. The lowest BCUT2D eigenvalue weighted by Gasteiger charge is -2.23. The van der Waals surface area contributed by atoms with Crippen LogP contribution < -0.4 is 5.32 Å². The Morgan fingerprint density at radius 2 is 1.92 bits per heavy atom. The number of nitrogens with zero attached hydrogens (tertiary/aromatic N) is 2. The topological polar surface area (TPSA) is 37.3 Å². The third-order valence-electron chi connectivity index (χ3n) is 4.10. The van der Waals surface area contributed by atoms with Crippen molar-refractivity contribution in [2.45, 2.75) is 31.6 Å². The highest BCUT2D eigenvalue weighted by atomic mass is 19.4. The van der Waals surface area contributed by atoms with E-state index in [2.05, 4.69) is 5.32 Å². The molecular weight excluding hydrogens is 319 g/mol. The van der Waals surface area contributed by atoms with Crippen LogP contribution >= 0.6 is 0 Å². The smallest absolute Gasteiger partial charge is 0.353 e. The monoisotopic (exact) mass is 337 g/mol. The van der Waals surface area contributed by atoms with Gasteiger partial charge in [0.15, 0.2) is 0 Å². The highest BCUT2D eigenvalue weighted by Crippen LogP contribution is 2.31. The van der Waals surface area contributed by atoms with E-state index in [1.165, 1.54) is 12.1 Å². The van der Waals surface area contributed by atoms with Crippen LogP contribution in [0.1, 0.15) is 24.1 Å². The van der Waals surface area contributed by atoms with Gasteiger partial charge in [-0.15, -0.1) is 0 Å². The van der Waals surface area contributed by atoms with Gasteiger partial charge < -0.3 is 14.8 Å². The maximum atomic E-state index is 12.6. The predicted molar refractivity (Wildman–Crippen MR) is 84.4 cm³/mol. The van der Waals surface area contributed by atoms with Crippen molar-refractivity contribution in [2.75, 3.05) is 5.32 Å². The molecule has 2 amide bonds. The standard InChI is InChI=1S/C17H18F3N3O/c1-22-10-2-3-15(22)11-23(14-8-9-14)16(24)21-13-6-4-12(5-7-13)17(18,19)20/h2-7,10,14H,8-9,11H2,1H3,(H,21,24). The molecule has 1 N–H and O–H groups in total. The number of alkyl halides is 3. The average molecular weight is 337 g/mol. The van der Waals surface area contributed by atoms with Crippen molar-refractivity contribution in [1.29, 1.82) is 0 Å². The molecule has 4 nitrogen and oxygen atoms in total. The zero-order chi connectivity index (χ0) is 17.3. The lowest BCUT2D eigenvalue weighted by molar-refractivity contribution is -0.137.